The molecular weight excluding hydrogens is 637 g/mol. The van der Waals surface area contributed by atoms with Crippen molar-refractivity contribution in [2.24, 2.45) is 13.0 Å². The zero-order valence-electron chi connectivity index (χ0n) is 22.2. The second kappa shape index (κ2) is 12.9. The highest BCUT2D eigenvalue weighted by atomic mass is 35.5. The van der Waals surface area contributed by atoms with Crippen LogP contribution in [0.5, 0.6) is 11.5 Å². The zero-order valence-corrected chi connectivity index (χ0v) is 25.3. The number of hydrogen-bond donors (Lipinski definition) is 0. The van der Waals surface area contributed by atoms with Gasteiger partial charge >= 0.3 is 12.6 Å². The first-order valence-electron chi connectivity index (χ1n) is 12.8. The van der Waals surface area contributed by atoms with Gasteiger partial charge in [0.1, 0.15) is 6.10 Å². The summed E-state index contributed by atoms with van der Waals surface area (Å²) in [6.07, 6.45) is 6.35. The third-order valence-electron chi connectivity index (χ3n) is 6.63. The Bertz CT molecular complexity index is 1540. The number of carbonyl (C=O) groups is 1. The van der Waals surface area contributed by atoms with Crippen molar-refractivity contribution in [3.63, 3.8) is 0 Å². The maximum absolute atomic E-state index is 13.6. The molecule has 0 bridgehead atoms. The molecule has 5 rings (SSSR count). The number of benzene rings is 1. The first-order chi connectivity index (χ1) is 20.0. The van der Waals surface area contributed by atoms with Gasteiger partial charge in [0.05, 0.1) is 23.0 Å². The number of alkyl halides is 2. The lowest BCUT2D eigenvalue weighted by Gasteiger charge is -2.25. The van der Waals surface area contributed by atoms with E-state index in [1.165, 1.54) is 47.7 Å². The Kier molecular flexibility index (Phi) is 9.47. The number of aryl methyl sites for hydroxylation is 1. The van der Waals surface area contributed by atoms with Crippen LogP contribution in [0.25, 0.3) is 0 Å². The van der Waals surface area contributed by atoms with E-state index in [1.54, 1.807) is 7.05 Å². The number of esters is 1. The van der Waals surface area contributed by atoms with Crippen molar-refractivity contribution in [1.29, 1.82) is 0 Å². The molecule has 3 heterocycles. The Labute approximate surface area is 255 Å². The highest BCUT2D eigenvalue weighted by Gasteiger charge is 2.43. The Morgan fingerprint density at radius 1 is 1.19 bits per heavy atom. The Hall–Kier alpha value is -2.65. The number of rotatable bonds is 12. The van der Waals surface area contributed by atoms with Crippen molar-refractivity contribution < 1.29 is 36.2 Å². The summed E-state index contributed by atoms with van der Waals surface area (Å²) in [5, 5.41) is -0.929. The SMILES string of the molecule is Cn1cnc(S(=O)(=O)N2CCSC2C(=O)OC(Cc2c(Cl)cncc2Cl)c2ccc(OC(F)F)c(OCC3CC3)c2)c1. The minimum Gasteiger partial charge on any atom is -0.489 e. The van der Waals surface area contributed by atoms with E-state index in [4.69, 9.17) is 32.7 Å². The van der Waals surface area contributed by atoms with Gasteiger partial charge in [0.15, 0.2) is 21.9 Å². The van der Waals surface area contributed by atoms with Crippen molar-refractivity contribution in [3.8, 4) is 11.5 Å². The van der Waals surface area contributed by atoms with Crippen molar-refractivity contribution >= 4 is 51.0 Å². The van der Waals surface area contributed by atoms with Gasteiger partial charge < -0.3 is 18.8 Å². The summed E-state index contributed by atoms with van der Waals surface area (Å²) in [5.41, 5.74) is 0.804. The molecule has 1 aliphatic heterocycles. The molecule has 0 radical (unpaired) electrons. The molecule has 2 atom stereocenters. The standard InChI is InChI=1S/C26H26Cl2F2N4O6S2/c1-33-12-23(32-14-33)42(36,37)34-6-7-41-24(34)25(35)39-21(9-17-18(27)10-31-11-19(17)28)16-4-5-20(40-26(29)30)22(8-16)38-13-15-2-3-15/h4-5,8,10-12,14-15,21,24,26H,2-3,6-7,9,13H2,1H3. The molecule has 226 valence electrons. The quantitative estimate of drug-likeness (QED) is 0.244. The highest BCUT2D eigenvalue weighted by molar-refractivity contribution is 8.02. The highest BCUT2D eigenvalue weighted by Crippen LogP contribution is 2.39. The molecule has 1 saturated heterocycles. The van der Waals surface area contributed by atoms with Crippen LogP contribution in [0.2, 0.25) is 10.0 Å². The first kappa shape index (κ1) is 30.8. The second-order valence-corrected chi connectivity index (χ2v) is 13.6. The average molecular weight is 664 g/mol. The molecule has 0 amide bonds. The van der Waals surface area contributed by atoms with E-state index in [2.05, 4.69) is 14.7 Å². The molecule has 2 aromatic heterocycles. The number of thioether (sulfide) groups is 1. The number of sulfonamides is 1. The van der Waals surface area contributed by atoms with Crippen LogP contribution >= 0.6 is 35.0 Å². The van der Waals surface area contributed by atoms with Crippen LogP contribution < -0.4 is 9.47 Å². The fourth-order valence-corrected chi connectivity index (χ4v) is 7.83. The smallest absolute Gasteiger partial charge is 0.387 e. The molecule has 10 nitrogen and oxygen atoms in total. The first-order valence-corrected chi connectivity index (χ1v) is 16.1. The molecule has 0 N–H and O–H groups in total. The topological polar surface area (TPSA) is 113 Å². The Morgan fingerprint density at radius 2 is 1.93 bits per heavy atom. The van der Waals surface area contributed by atoms with Crippen LogP contribution in [0.1, 0.15) is 30.1 Å². The number of halogens is 4. The lowest BCUT2D eigenvalue weighted by molar-refractivity contribution is -0.150. The van der Waals surface area contributed by atoms with Gasteiger partial charge in [-0.15, -0.1) is 11.8 Å². The number of pyridine rings is 1. The monoisotopic (exact) mass is 662 g/mol. The summed E-state index contributed by atoms with van der Waals surface area (Å²) in [7, 11) is -2.46. The summed E-state index contributed by atoms with van der Waals surface area (Å²) in [4.78, 5) is 21.5. The van der Waals surface area contributed by atoms with Crippen LogP contribution in [-0.2, 0) is 33.0 Å². The van der Waals surface area contributed by atoms with Crippen LogP contribution in [0.4, 0.5) is 8.78 Å². The van der Waals surface area contributed by atoms with Gasteiger partial charge in [-0.25, -0.2) is 18.2 Å². The van der Waals surface area contributed by atoms with E-state index < -0.39 is 34.1 Å². The van der Waals surface area contributed by atoms with E-state index >= 15 is 0 Å². The van der Waals surface area contributed by atoms with Gasteiger partial charge in [-0.3, -0.25) is 4.98 Å². The lowest BCUT2D eigenvalue weighted by Crippen LogP contribution is -2.40. The van der Waals surface area contributed by atoms with Crippen LogP contribution in [0.15, 0.2) is 48.1 Å². The zero-order chi connectivity index (χ0) is 30.0. The number of nitrogens with zero attached hydrogens (tertiary/aromatic N) is 4. The fraction of sp³-hybridized carbons (Fsp3) is 0.423. The minimum absolute atomic E-state index is 0.0204. The molecule has 1 aromatic carbocycles. The molecule has 1 aliphatic carbocycles. The Morgan fingerprint density at radius 3 is 2.57 bits per heavy atom. The van der Waals surface area contributed by atoms with E-state index in [1.807, 2.05) is 0 Å². The molecule has 3 aromatic rings. The number of carbonyl (C=O) groups excluding carboxylic acids is 1. The van der Waals surface area contributed by atoms with Crippen molar-refractivity contribution in [2.45, 2.75) is 42.4 Å². The third kappa shape index (κ3) is 7.10. The molecule has 2 fully saturated rings. The molecule has 42 heavy (non-hydrogen) atoms. The lowest BCUT2D eigenvalue weighted by atomic mass is 10.0. The van der Waals surface area contributed by atoms with Crippen LogP contribution in [0, 0.1) is 5.92 Å². The molecule has 0 spiro atoms. The van der Waals surface area contributed by atoms with Gasteiger partial charge in [-0.05, 0) is 42.0 Å². The van der Waals surface area contributed by atoms with Crippen LogP contribution in [0.3, 0.4) is 0 Å². The molecule has 16 heteroatoms. The number of ether oxygens (including phenoxy) is 3. The van der Waals surface area contributed by atoms with E-state index in [0.29, 0.717) is 29.4 Å². The number of hydrogen-bond acceptors (Lipinski definition) is 9. The average Bonchev–Trinajstić information content (AvgIpc) is 3.42. The van der Waals surface area contributed by atoms with E-state index in [9.17, 15) is 22.0 Å². The number of imidazole rings is 1. The minimum atomic E-state index is -4.10. The van der Waals surface area contributed by atoms with Crippen molar-refractivity contribution in [1.82, 2.24) is 18.8 Å². The summed E-state index contributed by atoms with van der Waals surface area (Å²) < 4.78 is 71.7. The van der Waals surface area contributed by atoms with E-state index in [0.717, 1.165) is 28.9 Å². The van der Waals surface area contributed by atoms with Crippen molar-refractivity contribution in [3.05, 3.63) is 64.3 Å². The summed E-state index contributed by atoms with van der Waals surface area (Å²) >= 11 is 13.8. The maximum Gasteiger partial charge on any atom is 0.387 e. The Balaban J connectivity index is 1.46. The molecule has 2 aliphatic rings. The molecule has 1 saturated carbocycles. The molecule has 2 unspecified atom stereocenters. The predicted molar refractivity (Wildman–Crippen MR) is 151 cm³/mol. The summed E-state index contributed by atoms with van der Waals surface area (Å²) in [6, 6.07) is 4.24. The van der Waals surface area contributed by atoms with E-state index in [-0.39, 0.29) is 39.5 Å². The van der Waals surface area contributed by atoms with Gasteiger partial charge in [-0.2, -0.15) is 13.1 Å². The maximum atomic E-state index is 13.6. The summed E-state index contributed by atoms with van der Waals surface area (Å²) in [5.74, 6) is -0.253. The summed E-state index contributed by atoms with van der Waals surface area (Å²) in [6.45, 7) is -2.68. The van der Waals surface area contributed by atoms with Gasteiger partial charge in [0.2, 0.25) is 0 Å². The van der Waals surface area contributed by atoms with Gasteiger partial charge in [0, 0.05) is 44.4 Å². The second-order valence-electron chi connectivity index (χ2n) is 9.77. The predicted octanol–water partition coefficient (Wildman–Crippen LogP) is 5.10. The van der Waals surface area contributed by atoms with Gasteiger partial charge in [0.25, 0.3) is 10.0 Å². The van der Waals surface area contributed by atoms with Gasteiger partial charge in [-0.1, -0.05) is 29.3 Å². The fourth-order valence-electron chi connectivity index (χ4n) is 4.30. The van der Waals surface area contributed by atoms with Crippen LogP contribution in [-0.4, -0.2) is 64.1 Å². The normalized spacial score (nSPS) is 18.3. The largest absolute Gasteiger partial charge is 0.489 e. The number of aromatic nitrogens is 3. The van der Waals surface area contributed by atoms with Crippen molar-refractivity contribution in [2.75, 3.05) is 18.9 Å². The third-order valence-corrected chi connectivity index (χ3v) is 10.3. The molecular formula is C26H26Cl2F2N4O6S2.